The van der Waals surface area contributed by atoms with E-state index in [1.165, 1.54) is 11.3 Å². The maximum Gasteiger partial charge on any atom is 0.344 e. The first-order valence-corrected chi connectivity index (χ1v) is 11.2. The predicted octanol–water partition coefficient (Wildman–Crippen LogP) is 4.75. The van der Waals surface area contributed by atoms with Crippen LogP contribution in [-0.2, 0) is 12.8 Å². The zero-order valence-corrected chi connectivity index (χ0v) is 18.0. The van der Waals surface area contributed by atoms with Crippen molar-refractivity contribution in [3.8, 4) is 11.1 Å². The molecule has 0 spiro atoms. The van der Waals surface area contributed by atoms with Crippen molar-refractivity contribution in [2.75, 3.05) is 5.32 Å². The molecule has 2 amide bonds. The molecule has 0 aliphatic heterocycles. The highest BCUT2D eigenvalue weighted by molar-refractivity contribution is 7.17. The van der Waals surface area contributed by atoms with Gasteiger partial charge in [0.05, 0.1) is 11.1 Å². The van der Waals surface area contributed by atoms with Gasteiger partial charge in [0.15, 0.2) is 0 Å². The Morgan fingerprint density at radius 1 is 1.00 bits per heavy atom. The molecule has 1 aliphatic rings. The number of amides is 2. The lowest BCUT2D eigenvalue weighted by molar-refractivity contribution is 0.100. The van der Waals surface area contributed by atoms with Crippen LogP contribution >= 0.6 is 11.3 Å². The third-order valence-electron chi connectivity index (χ3n) is 5.72. The van der Waals surface area contributed by atoms with Crippen molar-refractivity contribution in [2.24, 2.45) is 5.73 Å². The molecule has 6 nitrogen and oxygen atoms in total. The Morgan fingerprint density at radius 3 is 2.66 bits per heavy atom. The van der Waals surface area contributed by atoms with Crippen LogP contribution < -0.4 is 16.7 Å². The fourth-order valence-electron chi connectivity index (χ4n) is 4.18. The lowest BCUT2D eigenvalue weighted by Gasteiger charge is -2.11. The van der Waals surface area contributed by atoms with Crippen molar-refractivity contribution in [3.05, 3.63) is 86.6 Å². The number of aryl methyl sites for hydroxylation is 1. The SMILES string of the molecule is NC(=O)c1c(NC(=O)c2cccc(-c3cc4ccccc4oc3=O)c2)sc2c1CCCC2. The maximum atomic E-state index is 13.0. The van der Waals surface area contributed by atoms with Gasteiger partial charge in [0.25, 0.3) is 11.8 Å². The van der Waals surface area contributed by atoms with Crippen molar-refractivity contribution in [2.45, 2.75) is 25.7 Å². The van der Waals surface area contributed by atoms with Crippen molar-refractivity contribution < 1.29 is 14.0 Å². The van der Waals surface area contributed by atoms with Gasteiger partial charge in [-0.25, -0.2) is 4.79 Å². The number of nitrogens with one attached hydrogen (secondary N) is 1. The minimum atomic E-state index is -0.526. The normalized spacial score (nSPS) is 13.0. The van der Waals surface area contributed by atoms with Gasteiger partial charge in [-0.3, -0.25) is 9.59 Å². The zero-order chi connectivity index (χ0) is 22.2. The summed E-state index contributed by atoms with van der Waals surface area (Å²) in [7, 11) is 0. The van der Waals surface area contributed by atoms with E-state index in [2.05, 4.69) is 5.32 Å². The molecular formula is C25H20N2O4S. The summed E-state index contributed by atoms with van der Waals surface area (Å²) < 4.78 is 5.43. The number of benzene rings is 2. The Kier molecular flexibility index (Phi) is 5.11. The van der Waals surface area contributed by atoms with Crippen LogP contribution in [0.4, 0.5) is 5.00 Å². The molecule has 7 heteroatoms. The van der Waals surface area contributed by atoms with Gasteiger partial charge in [-0.05, 0) is 61.1 Å². The van der Waals surface area contributed by atoms with Crippen LogP contribution in [0.25, 0.3) is 22.1 Å². The van der Waals surface area contributed by atoms with E-state index in [1.807, 2.05) is 12.1 Å². The molecule has 0 bridgehead atoms. The van der Waals surface area contributed by atoms with Crippen molar-refractivity contribution in [3.63, 3.8) is 0 Å². The smallest absolute Gasteiger partial charge is 0.344 e. The molecular weight excluding hydrogens is 424 g/mol. The quantitative estimate of drug-likeness (QED) is 0.443. The molecule has 0 atom stereocenters. The number of hydrogen-bond acceptors (Lipinski definition) is 5. The molecule has 2 heterocycles. The monoisotopic (exact) mass is 444 g/mol. The van der Waals surface area contributed by atoms with E-state index in [0.717, 1.165) is 41.5 Å². The summed E-state index contributed by atoms with van der Waals surface area (Å²) >= 11 is 1.42. The fraction of sp³-hybridized carbons (Fsp3) is 0.160. The Balaban J connectivity index is 1.49. The van der Waals surface area contributed by atoms with E-state index in [9.17, 15) is 14.4 Å². The summed E-state index contributed by atoms with van der Waals surface area (Å²) in [5, 5.41) is 4.15. The van der Waals surface area contributed by atoms with E-state index < -0.39 is 11.5 Å². The highest BCUT2D eigenvalue weighted by atomic mass is 32.1. The molecule has 2 aromatic carbocycles. The lowest BCUT2D eigenvalue weighted by Crippen LogP contribution is -2.18. The number of primary amides is 1. The third kappa shape index (κ3) is 3.61. The van der Waals surface area contributed by atoms with Crippen LogP contribution in [0, 0.1) is 0 Å². The first kappa shape index (κ1) is 20.2. The Bertz CT molecular complexity index is 1430. The maximum absolute atomic E-state index is 13.0. The lowest BCUT2D eigenvalue weighted by atomic mass is 9.95. The van der Waals surface area contributed by atoms with Gasteiger partial charge in [0, 0.05) is 15.8 Å². The first-order chi connectivity index (χ1) is 15.5. The molecule has 32 heavy (non-hydrogen) atoms. The van der Waals surface area contributed by atoms with Crippen LogP contribution in [0.5, 0.6) is 0 Å². The minimum Gasteiger partial charge on any atom is -0.422 e. The average Bonchev–Trinajstić information content (AvgIpc) is 3.16. The van der Waals surface area contributed by atoms with E-state index in [1.54, 1.807) is 42.5 Å². The summed E-state index contributed by atoms with van der Waals surface area (Å²) in [6, 6.07) is 15.8. The van der Waals surface area contributed by atoms with Crippen molar-refractivity contribution in [1.29, 1.82) is 0 Å². The van der Waals surface area contributed by atoms with E-state index in [0.29, 0.717) is 32.8 Å². The summed E-state index contributed by atoms with van der Waals surface area (Å²) in [5.74, 6) is -0.889. The molecule has 0 radical (unpaired) electrons. The van der Waals surface area contributed by atoms with Gasteiger partial charge in [-0.1, -0.05) is 30.3 Å². The number of rotatable bonds is 4. The number of nitrogens with two attached hydrogens (primary N) is 1. The molecule has 1 aliphatic carbocycles. The number of carbonyl (C=O) groups excluding carboxylic acids is 2. The topological polar surface area (TPSA) is 102 Å². The molecule has 3 N–H and O–H groups in total. The summed E-state index contributed by atoms with van der Waals surface area (Å²) in [5.41, 5.74) is 8.39. The molecule has 2 aromatic heterocycles. The predicted molar refractivity (Wildman–Crippen MR) is 125 cm³/mol. The van der Waals surface area contributed by atoms with Gasteiger partial charge in [-0.15, -0.1) is 11.3 Å². The summed E-state index contributed by atoms with van der Waals surface area (Å²) in [6.07, 6.45) is 3.76. The second-order valence-corrected chi connectivity index (χ2v) is 8.90. The molecule has 0 unspecified atom stereocenters. The molecule has 0 saturated heterocycles. The molecule has 160 valence electrons. The second kappa shape index (κ2) is 8.09. The Morgan fingerprint density at radius 2 is 1.81 bits per heavy atom. The van der Waals surface area contributed by atoms with Crippen LogP contribution in [0.1, 0.15) is 44.0 Å². The molecule has 5 rings (SSSR count). The third-order valence-corrected chi connectivity index (χ3v) is 6.93. The highest BCUT2D eigenvalue weighted by Crippen LogP contribution is 2.38. The fourth-order valence-corrected chi connectivity index (χ4v) is 5.47. The van der Waals surface area contributed by atoms with E-state index in [-0.39, 0.29) is 5.91 Å². The number of hydrogen-bond donors (Lipinski definition) is 2. The summed E-state index contributed by atoms with van der Waals surface area (Å²) in [4.78, 5) is 38.7. The number of para-hydroxylation sites is 1. The highest BCUT2D eigenvalue weighted by Gasteiger charge is 2.25. The van der Waals surface area contributed by atoms with Gasteiger partial charge < -0.3 is 15.5 Å². The van der Waals surface area contributed by atoms with E-state index >= 15 is 0 Å². The van der Waals surface area contributed by atoms with Gasteiger partial charge >= 0.3 is 5.63 Å². The van der Waals surface area contributed by atoms with Crippen molar-refractivity contribution in [1.82, 2.24) is 0 Å². The number of carbonyl (C=O) groups is 2. The molecule has 4 aromatic rings. The van der Waals surface area contributed by atoms with Gasteiger partial charge in [-0.2, -0.15) is 0 Å². The van der Waals surface area contributed by atoms with Gasteiger partial charge in [0.1, 0.15) is 10.6 Å². The first-order valence-electron chi connectivity index (χ1n) is 10.4. The van der Waals surface area contributed by atoms with Crippen molar-refractivity contribution >= 4 is 39.1 Å². The van der Waals surface area contributed by atoms with Crippen LogP contribution in [-0.4, -0.2) is 11.8 Å². The van der Waals surface area contributed by atoms with Crippen LogP contribution in [0.15, 0.2) is 63.8 Å². The molecule has 0 saturated carbocycles. The van der Waals surface area contributed by atoms with Crippen LogP contribution in [0.2, 0.25) is 0 Å². The van der Waals surface area contributed by atoms with E-state index in [4.69, 9.17) is 10.2 Å². The minimum absolute atomic E-state index is 0.363. The number of thiophene rings is 1. The Labute approximate surface area is 187 Å². The van der Waals surface area contributed by atoms with Gasteiger partial charge in [0.2, 0.25) is 0 Å². The summed E-state index contributed by atoms with van der Waals surface area (Å²) in [6.45, 7) is 0. The number of anilines is 1. The van der Waals surface area contributed by atoms with Crippen LogP contribution in [0.3, 0.4) is 0 Å². The zero-order valence-electron chi connectivity index (χ0n) is 17.1. The second-order valence-electron chi connectivity index (χ2n) is 7.80. The molecule has 0 fully saturated rings. The largest absolute Gasteiger partial charge is 0.422 e. The number of fused-ring (bicyclic) bond motifs is 2. The average molecular weight is 445 g/mol. The standard InChI is InChI=1S/C25H20N2O4S/c26-22(28)21-17-9-2-4-11-20(17)32-24(21)27-23(29)16-8-5-7-14(12-16)18-13-15-6-1-3-10-19(15)31-25(18)30/h1,3,5-8,10,12-13H,2,4,9,11H2,(H2,26,28)(H,27,29). The Hall–Kier alpha value is -3.71.